The second kappa shape index (κ2) is 13.0. The van der Waals surface area contributed by atoms with Gasteiger partial charge in [0.05, 0.1) is 25.4 Å². The van der Waals surface area contributed by atoms with Gasteiger partial charge in [-0.1, -0.05) is 18.2 Å². The van der Waals surface area contributed by atoms with Crippen LogP contribution in [0.5, 0.6) is 5.75 Å². The number of piperidine rings is 1. The summed E-state index contributed by atoms with van der Waals surface area (Å²) in [7, 11) is 0. The maximum absolute atomic E-state index is 12.3. The Balaban J connectivity index is 1.52. The van der Waals surface area contributed by atoms with E-state index < -0.39 is 11.2 Å². The summed E-state index contributed by atoms with van der Waals surface area (Å²) in [5.74, 6) is 0.730. The molecule has 1 aliphatic carbocycles. The third-order valence-corrected chi connectivity index (χ3v) is 6.96. The van der Waals surface area contributed by atoms with Gasteiger partial charge in [-0.15, -0.1) is 0 Å². The standard InChI is InChI=1S/C29H46N2O6/c1-7-34-26(32)29(5,6)36-25-13-9-8-11-22(25)20-14-16-21(17-15-20)35-19-24-23(12-10-18-30-24)31-27(33)37-28(2,3)4/h8-9,11,13,20-21,23-24,30H,7,10,12,14-19H2,1-6H3,(H,31,33)/t20-,21+,23?,24?. The molecule has 2 atom stereocenters. The zero-order valence-corrected chi connectivity index (χ0v) is 23.4. The first-order chi connectivity index (χ1) is 17.5. The number of carbonyl (C=O) groups excluding carboxylic acids is 2. The van der Waals surface area contributed by atoms with Gasteiger partial charge >= 0.3 is 12.1 Å². The molecule has 0 spiro atoms. The van der Waals surface area contributed by atoms with Crippen molar-refractivity contribution in [3.63, 3.8) is 0 Å². The molecule has 2 fully saturated rings. The molecule has 8 heteroatoms. The van der Waals surface area contributed by atoms with Crippen LogP contribution in [0.15, 0.2) is 24.3 Å². The van der Waals surface area contributed by atoms with E-state index in [1.165, 1.54) is 0 Å². The Kier molecular flexibility index (Phi) is 10.2. The molecule has 0 radical (unpaired) electrons. The number of hydrogen-bond acceptors (Lipinski definition) is 7. The Bertz CT molecular complexity index is 889. The van der Waals surface area contributed by atoms with Crippen LogP contribution in [-0.4, -0.2) is 61.2 Å². The van der Waals surface area contributed by atoms with Gasteiger partial charge in [0, 0.05) is 6.04 Å². The largest absolute Gasteiger partial charge is 0.476 e. The highest BCUT2D eigenvalue weighted by Gasteiger charge is 2.34. The molecule has 1 aromatic carbocycles. The quantitative estimate of drug-likeness (QED) is 0.440. The third kappa shape index (κ3) is 8.88. The van der Waals surface area contributed by atoms with E-state index in [-0.39, 0.29) is 30.3 Å². The SMILES string of the molecule is CCOC(=O)C(C)(C)Oc1ccccc1[C@H]1CC[C@@H](OCC2NCCCC2NC(=O)OC(C)(C)C)CC1. The number of carbonyl (C=O) groups is 2. The Morgan fingerprint density at radius 2 is 1.73 bits per heavy atom. The van der Waals surface area contributed by atoms with Crippen LogP contribution < -0.4 is 15.4 Å². The number of rotatable bonds is 9. The maximum Gasteiger partial charge on any atom is 0.407 e. The average Bonchev–Trinajstić information content (AvgIpc) is 2.83. The number of para-hydroxylation sites is 1. The molecule has 37 heavy (non-hydrogen) atoms. The molecule has 1 saturated heterocycles. The van der Waals surface area contributed by atoms with E-state index in [2.05, 4.69) is 16.7 Å². The molecule has 1 amide bonds. The number of benzene rings is 1. The minimum atomic E-state index is -1.05. The van der Waals surface area contributed by atoms with Crippen molar-refractivity contribution < 1.29 is 28.5 Å². The van der Waals surface area contributed by atoms with E-state index in [9.17, 15) is 9.59 Å². The van der Waals surface area contributed by atoms with Gasteiger partial charge in [0.15, 0.2) is 5.60 Å². The van der Waals surface area contributed by atoms with Gasteiger partial charge in [0.1, 0.15) is 11.4 Å². The van der Waals surface area contributed by atoms with Crippen molar-refractivity contribution in [1.29, 1.82) is 0 Å². The number of ether oxygens (including phenoxy) is 4. The average molecular weight is 519 g/mol. The summed E-state index contributed by atoms with van der Waals surface area (Å²) < 4.78 is 23.1. The topological polar surface area (TPSA) is 95.1 Å². The van der Waals surface area contributed by atoms with Gasteiger partial charge in [0.25, 0.3) is 0 Å². The molecule has 1 aliphatic heterocycles. The molecule has 1 aromatic rings. The maximum atomic E-state index is 12.3. The zero-order valence-electron chi connectivity index (χ0n) is 23.4. The first-order valence-corrected chi connectivity index (χ1v) is 13.8. The molecule has 1 heterocycles. The second-order valence-corrected chi connectivity index (χ2v) is 11.6. The van der Waals surface area contributed by atoms with Gasteiger partial charge in [-0.3, -0.25) is 0 Å². The van der Waals surface area contributed by atoms with E-state index in [0.717, 1.165) is 56.4 Å². The lowest BCUT2D eigenvalue weighted by Crippen LogP contribution is -2.56. The first kappa shape index (κ1) is 29.2. The molecule has 2 unspecified atom stereocenters. The fraction of sp³-hybridized carbons (Fsp3) is 0.724. The molecule has 0 aromatic heterocycles. The summed E-state index contributed by atoms with van der Waals surface area (Å²) >= 11 is 0. The lowest BCUT2D eigenvalue weighted by Gasteiger charge is -2.36. The minimum Gasteiger partial charge on any atom is -0.476 e. The fourth-order valence-corrected chi connectivity index (χ4v) is 5.07. The Hall–Kier alpha value is -2.32. The number of esters is 1. The number of amides is 1. The molecule has 208 valence electrons. The molecule has 1 saturated carbocycles. The highest BCUT2D eigenvalue weighted by Crippen LogP contribution is 2.39. The molecular formula is C29H46N2O6. The van der Waals surface area contributed by atoms with Crippen LogP contribution in [0.2, 0.25) is 0 Å². The van der Waals surface area contributed by atoms with Crippen molar-refractivity contribution in [3.05, 3.63) is 29.8 Å². The highest BCUT2D eigenvalue weighted by molar-refractivity contribution is 5.79. The van der Waals surface area contributed by atoms with Crippen molar-refractivity contribution in [2.75, 3.05) is 19.8 Å². The summed E-state index contributed by atoms with van der Waals surface area (Å²) in [6.07, 6.45) is 5.62. The molecule has 2 aliphatic rings. The van der Waals surface area contributed by atoms with Crippen LogP contribution >= 0.6 is 0 Å². The Morgan fingerprint density at radius 1 is 1.03 bits per heavy atom. The van der Waals surface area contributed by atoms with E-state index in [1.807, 2.05) is 39.0 Å². The van der Waals surface area contributed by atoms with Crippen LogP contribution in [0.4, 0.5) is 4.79 Å². The van der Waals surface area contributed by atoms with E-state index in [1.54, 1.807) is 20.8 Å². The molecule has 8 nitrogen and oxygen atoms in total. The van der Waals surface area contributed by atoms with Crippen LogP contribution in [-0.2, 0) is 19.0 Å². The van der Waals surface area contributed by atoms with Gasteiger partial charge in [-0.05, 0) is 104 Å². The number of hydrogen-bond donors (Lipinski definition) is 2. The molecule has 0 bridgehead atoms. The lowest BCUT2D eigenvalue weighted by molar-refractivity contribution is -0.158. The Labute approximate surface area is 222 Å². The van der Waals surface area contributed by atoms with Crippen molar-refractivity contribution in [3.8, 4) is 5.75 Å². The van der Waals surface area contributed by atoms with Crippen molar-refractivity contribution in [2.24, 2.45) is 0 Å². The van der Waals surface area contributed by atoms with Crippen molar-refractivity contribution in [1.82, 2.24) is 10.6 Å². The number of alkyl carbamates (subject to hydrolysis) is 1. The van der Waals surface area contributed by atoms with Crippen molar-refractivity contribution >= 4 is 12.1 Å². The number of nitrogens with one attached hydrogen (secondary N) is 2. The van der Waals surface area contributed by atoms with E-state index in [4.69, 9.17) is 18.9 Å². The minimum absolute atomic E-state index is 0.00767. The summed E-state index contributed by atoms with van der Waals surface area (Å²) in [4.78, 5) is 24.6. The normalized spacial score (nSPS) is 24.7. The zero-order chi connectivity index (χ0) is 27.1. The van der Waals surface area contributed by atoms with Crippen LogP contribution in [0.3, 0.4) is 0 Å². The van der Waals surface area contributed by atoms with Gasteiger partial charge in [-0.25, -0.2) is 9.59 Å². The lowest BCUT2D eigenvalue weighted by atomic mass is 9.82. The highest BCUT2D eigenvalue weighted by atomic mass is 16.6. The van der Waals surface area contributed by atoms with Gasteiger partial charge in [0.2, 0.25) is 0 Å². The van der Waals surface area contributed by atoms with Gasteiger partial charge < -0.3 is 29.6 Å². The second-order valence-electron chi connectivity index (χ2n) is 11.6. The first-order valence-electron chi connectivity index (χ1n) is 13.8. The van der Waals surface area contributed by atoms with Crippen LogP contribution in [0, 0.1) is 0 Å². The summed E-state index contributed by atoms with van der Waals surface area (Å²) in [6.45, 7) is 12.7. The Morgan fingerprint density at radius 3 is 2.41 bits per heavy atom. The van der Waals surface area contributed by atoms with E-state index >= 15 is 0 Å². The summed E-state index contributed by atoms with van der Waals surface area (Å²) in [5.41, 5.74) is -0.438. The summed E-state index contributed by atoms with van der Waals surface area (Å²) in [6, 6.07) is 8.06. The molecule has 3 rings (SSSR count). The molecular weight excluding hydrogens is 472 g/mol. The molecule has 2 N–H and O–H groups in total. The van der Waals surface area contributed by atoms with Gasteiger partial charge in [-0.2, -0.15) is 0 Å². The predicted molar refractivity (Wildman–Crippen MR) is 143 cm³/mol. The third-order valence-electron chi connectivity index (χ3n) is 6.96. The van der Waals surface area contributed by atoms with E-state index in [0.29, 0.717) is 19.1 Å². The van der Waals surface area contributed by atoms with Crippen LogP contribution in [0.25, 0.3) is 0 Å². The summed E-state index contributed by atoms with van der Waals surface area (Å²) in [5, 5.41) is 6.54. The smallest absolute Gasteiger partial charge is 0.407 e. The monoisotopic (exact) mass is 518 g/mol. The van der Waals surface area contributed by atoms with Crippen LogP contribution in [0.1, 0.15) is 91.5 Å². The fourth-order valence-electron chi connectivity index (χ4n) is 5.07. The van der Waals surface area contributed by atoms with Crippen molar-refractivity contribution in [2.45, 2.75) is 115 Å². The predicted octanol–water partition coefficient (Wildman–Crippen LogP) is 5.10.